The summed E-state index contributed by atoms with van der Waals surface area (Å²) in [5.41, 5.74) is 2.69. The quantitative estimate of drug-likeness (QED) is 0.629. The Morgan fingerprint density at radius 3 is 2.53 bits per heavy atom. The van der Waals surface area contributed by atoms with Crippen molar-refractivity contribution in [2.45, 2.75) is 19.9 Å². The highest BCUT2D eigenvalue weighted by Gasteiger charge is 2.20. The summed E-state index contributed by atoms with van der Waals surface area (Å²) >= 11 is 0. The molecule has 1 heterocycles. The number of nitrogens with zero attached hydrogens (tertiary/aromatic N) is 1. The second-order valence-corrected chi connectivity index (χ2v) is 4.34. The second kappa shape index (κ2) is 4.81. The molecular formula is C12H16N2O3. The highest BCUT2D eigenvalue weighted by molar-refractivity contribution is 5.49. The van der Waals surface area contributed by atoms with Crippen LogP contribution in [0.2, 0.25) is 0 Å². The predicted octanol–water partition coefficient (Wildman–Crippen LogP) is 1.87. The first kappa shape index (κ1) is 12.0. The van der Waals surface area contributed by atoms with Crippen LogP contribution in [0.25, 0.3) is 0 Å². The number of nitro benzene ring substituents is 1. The van der Waals surface area contributed by atoms with Crippen molar-refractivity contribution < 1.29 is 9.66 Å². The van der Waals surface area contributed by atoms with Gasteiger partial charge in [0.05, 0.1) is 24.2 Å². The predicted molar refractivity (Wildman–Crippen MR) is 64.1 cm³/mol. The number of ether oxygens (including phenoxy) is 1. The normalized spacial score (nSPS) is 20.2. The molecule has 1 aromatic carbocycles. The van der Waals surface area contributed by atoms with Gasteiger partial charge in [0.2, 0.25) is 0 Å². The van der Waals surface area contributed by atoms with Gasteiger partial charge in [0, 0.05) is 17.7 Å². The topological polar surface area (TPSA) is 64.4 Å². The lowest BCUT2D eigenvalue weighted by atomic mass is 9.99. The van der Waals surface area contributed by atoms with Gasteiger partial charge in [0.25, 0.3) is 5.69 Å². The summed E-state index contributed by atoms with van der Waals surface area (Å²) in [5.74, 6) is 0. The fourth-order valence-corrected chi connectivity index (χ4v) is 2.26. The summed E-state index contributed by atoms with van der Waals surface area (Å²) in [6.07, 6.45) is 0. The molecule has 0 amide bonds. The van der Waals surface area contributed by atoms with Crippen LogP contribution >= 0.6 is 0 Å². The highest BCUT2D eigenvalue weighted by Crippen LogP contribution is 2.27. The van der Waals surface area contributed by atoms with E-state index in [4.69, 9.17) is 4.74 Å². The lowest BCUT2D eigenvalue weighted by Gasteiger charge is -2.24. The third kappa shape index (κ3) is 2.45. The molecule has 0 radical (unpaired) electrons. The average molecular weight is 236 g/mol. The third-order valence-electron chi connectivity index (χ3n) is 3.02. The monoisotopic (exact) mass is 236 g/mol. The van der Waals surface area contributed by atoms with Crippen LogP contribution in [-0.2, 0) is 4.74 Å². The van der Waals surface area contributed by atoms with Gasteiger partial charge in [0.15, 0.2) is 0 Å². The van der Waals surface area contributed by atoms with Gasteiger partial charge in [-0.3, -0.25) is 10.1 Å². The number of nitrogens with one attached hydrogen (secondary N) is 1. The third-order valence-corrected chi connectivity index (χ3v) is 3.02. The maximum absolute atomic E-state index is 10.9. The summed E-state index contributed by atoms with van der Waals surface area (Å²) < 4.78 is 5.40. The highest BCUT2D eigenvalue weighted by atomic mass is 16.6. The molecule has 1 aromatic rings. The van der Waals surface area contributed by atoms with Crippen molar-refractivity contribution in [2.75, 3.05) is 19.8 Å². The zero-order valence-corrected chi connectivity index (χ0v) is 10.0. The van der Waals surface area contributed by atoms with Crippen LogP contribution in [0.3, 0.4) is 0 Å². The zero-order valence-electron chi connectivity index (χ0n) is 10.0. The number of hydrogen-bond donors (Lipinski definition) is 1. The molecule has 92 valence electrons. The molecule has 1 N–H and O–H groups in total. The molecule has 5 nitrogen and oxygen atoms in total. The number of morpholine rings is 1. The molecule has 0 aromatic heterocycles. The first-order valence-electron chi connectivity index (χ1n) is 5.66. The second-order valence-electron chi connectivity index (χ2n) is 4.34. The Labute approximate surface area is 99.9 Å². The van der Waals surface area contributed by atoms with E-state index < -0.39 is 0 Å². The van der Waals surface area contributed by atoms with Crippen molar-refractivity contribution >= 4 is 5.69 Å². The van der Waals surface area contributed by atoms with Crippen LogP contribution in [0.5, 0.6) is 0 Å². The van der Waals surface area contributed by atoms with E-state index in [9.17, 15) is 10.1 Å². The molecule has 2 rings (SSSR count). The largest absolute Gasteiger partial charge is 0.378 e. The molecule has 5 heteroatoms. The van der Waals surface area contributed by atoms with Crippen molar-refractivity contribution in [1.29, 1.82) is 0 Å². The minimum Gasteiger partial charge on any atom is -0.378 e. The molecule has 1 aliphatic heterocycles. The lowest BCUT2D eigenvalue weighted by molar-refractivity contribution is -0.386. The molecule has 0 aliphatic carbocycles. The Morgan fingerprint density at radius 1 is 1.41 bits per heavy atom. The summed E-state index contributed by atoms with van der Waals surface area (Å²) in [6.45, 7) is 5.72. The van der Waals surface area contributed by atoms with Gasteiger partial charge in [-0.15, -0.1) is 0 Å². The van der Waals surface area contributed by atoms with E-state index in [1.54, 1.807) is 13.8 Å². The fraction of sp³-hybridized carbons (Fsp3) is 0.500. The van der Waals surface area contributed by atoms with Crippen LogP contribution < -0.4 is 5.32 Å². The van der Waals surface area contributed by atoms with E-state index in [0.29, 0.717) is 17.7 Å². The van der Waals surface area contributed by atoms with E-state index in [0.717, 1.165) is 18.7 Å². The van der Waals surface area contributed by atoms with Gasteiger partial charge in [0.1, 0.15) is 0 Å². The van der Waals surface area contributed by atoms with Gasteiger partial charge in [-0.05, 0) is 31.5 Å². The maximum Gasteiger partial charge on any atom is 0.275 e. The number of benzene rings is 1. The Hall–Kier alpha value is -1.46. The van der Waals surface area contributed by atoms with Crippen molar-refractivity contribution in [3.63, 3.8) is 0 Å². The minimum absolute atomic E-state index is 0.141. The minimum atomic E-state index is -0.320. The number of aryl methyl sites for hydroxylation is 2. The molecule has 1 unspecified atom stereocenters. The molecule has 0 spiro atoms. The van der Waals surface area contributed by atoms with Gasteiger partial charge in [-0.2, -0.15) is 0 Å². The summed E-state index contributed by atoms with van der Waals surface area (Å²) in [6, 6.07) is 3.89. The maximum atomic E-state index is 10.9. The van der Waals surface area contributed by atoms with Gasteiger partial charge < -0.3 is 10.1 Å². The average Bonchev–Trinajstić information content (AvgIpc) is 2.28. The Kier molecular flexibility index (Phi) is 3.40. The fourth-order valence-electron chi connectivity index (χ4n) is 2.26. The molecule has 1 fully saturated rings. The van der Waals surface area contributed by atoms with Gasteiger partial charge in [-0.25, -0.2) is 0 Å². The summed E-state index contributed by atoms with van der Waals surface area (Å²) in [7, 11) is 0. The van der Waals surface area contributed by atoms with E-state index in [1.807, 2.05) is 12.1 Å². The van der Waals surface area contributed by atoms with Crippen LogP contribution in [-0.4, -0.2) is 24.7 Å². The summed E-state index contributed by atoms with van der Waals surface area (Å²) in [5, 5.41) is 14.2. The number of nitro groups is 1. The Bertz CT molecular complexity index is 416. The Morgan fingerprint density at radius 2 is 2.06 bits per heavy atom. The van der Waals surface area contributed by atoms with Crippen molar-refractivity contribution in [3.05, 3.63) is 38.9 Å². The van der Waals surface area contributed by atoms with Crippen molar-refractivity contribution in [3.8, 4) is 0 Å². The zero-order chi connectivity index (χ0) is 12.4. The van der Waals surface area contributed by atoms with Crippen LogP contribution in [0, 0.1) is 24.0 Å². The molecule has 17 heavy (non-hydrogen) atoms. The first-order valence-corrected chi connectivity index (χ1v) is 5.66. The van der Waals surface area contributed by atoms with E-state index >= 15 is 0 Å². The Balaban J connectivity index is 2.34. The molecule has 1 aliphatic rings. The number of rotatable bonds is 2. The number of hydrogen-bond acceptors (Lipinski definition) is 4. The van der Waals surface area contributed by atoms with E-state index in [2.05, 4.69) is 5.32 Å². The standard InChI is InChI=1S/C12H16N2O3/c1-8-5-10(11-7-17-4-3-13-11)6-9(2)12(8)14(15)16/h5-6,11,13H,3-4,7H2,1-2H3. The van der Waals surface area contributed by atoms with Gasteiger partial charge in [-0.1, -0.05) is 0 Å². The van der Waals surface area contributed by atoms with Crippen molar-refractivity contribution in [1.82, 2.24) is 5.32 Å². The van der Waals surface area contributed by atoms with Crippen LogP contribution in [0.15, 0.2) is 12.1 Å². The molecule has 1 saturated heterocycles. The molecule has 0 bridgehead atoms. The van der Waals surface area contributed by atoms with Crippen molar-refractivity contribution in [2.24, 2.45) is 0 Å². The van der Waals surface area contributed by atoms with Crippen LogP contribution in [0.1, 0.15) is 22.7 Å². The molecule has 1 atom stereocenters. The lowest BCUT2D eigenvalue weighted by Crippen LogP contribution is -2.34. The van der Waals surface area contributed by atoms with Crippen LogP contribution in [0.4, 0.5) is 5.69 Å². The summed E-state index contributed by atoms with van der Waals surface area (Å²) in [4.78, 5) is 10.6. The van der Waals surface area contributed by atoms with E-state index in [-0.39, 0.29) is 16.7 Å². The van der Waals surface area contributed by atoms with Gasteiger partial charge >= 0.3 is 0 Å². The SMILES string of the molecule is Cc1cc(C2COCCN2)cc(C)c1[N+](=O)[O-]. The van der Waals surface area contributed by atoms with E-state index in [1.165, 1.54) is 0 Å². The smallest absolute Gasteiger partial charge is 0.275 e. The first-order chi connectivity index (χ1) is 8.09. The molecule has 0 saturated carbocycles. The molecular weight excluding hydrogens is 220 g/mol.